The van der Waals surface area contributed by atoms with Crippen molar-refractivity contribution in [1.82, 2.24) is 0 Å². The monoisotopic (exact) mass is 506 g/mol. The van der Waals surface area contributed by atoms with Crippen LogP contribution in [0, 0.1) is 0 Å². The maximum absolute atomic E-state index is 12.2. The SMILES string of the molecule is CC(=O)OC1C(OCc2ccccc2)[C@@H](CO)OC(COCc2ccccc2)[C@H]1OCc1ccccc1. The Labute approximate surface area is 217 Å². The number of aliphatic hydroxyl groups excluding tert-OH is 1. The van der Waals surface area contributed by atoms with Crippen molar-refractivity contribution in [3.63, 3.8) is 0 Å². The fraction of sp³-hybridized carbons (Fsp3) is 0.367. The second-order valence-electron chi connectivity index (χ2n) is 8.99. The third-order valence-electron chi connectivity index (χ3n) is 6.18. The van der Waals surface area contributed by atoms with Gasteiger partial charge in [0.05, 0.1) is 33.0 Å². The number of hydrogen-bond acceptors (Lipinski definition) is 7. The molecule has 1 heterocycles. The molecule has 5 atom stereocenters. The first kappa shape index (κ1) is 27.0. The van der Waals surface area contributed by atoms with Gasteiger partial charge in [-0.25, -0.2) is 0 Å². The topological polar surface area (TPSA) is 83.5 Å². The zero-order valence-corrected chi connectivity index (χ0v) is 21.0. The molecule has 0 bridgehead atoms. The maximum Gasteiger partial charge on any atom is 0.303 e. The maximum atomic E-state index is 12.2. The Balaban J connectivity index is 1.54. The van der Waals surface area contributed by atoms with E-state index in [1.807, 2.05) is 91.0 Å². The van der Waals surface area contributed by atoms with E-state index in [1.165, 1.54) is 6.92 Å². The van der Waals surface area contributed by atoms with E-state index in [-0.39, 0.29) is 26.4 Å². The highest BCUT2D eigenvalue weighted by Gasteiger charge is 2.49. The third kappa shape index (κ3) is 7.95. The molecule has 0 radical (unpaired) electrons. The summed E-state index contributed by atoms with van der Waals surface area (Å²) in [7, 11) is 0. The van der Waals surface area contributed by atoms with Crippen LogP contribution >= 0.6 is 0 Å². The lowest BCUT2D eigenvalue weighted by atomic mass is 9.94. The van der Waals surface area contributed by atoms with Gasteiger partial charge in [0, 0.05) is 6.92 Å². The predicted molar refractivity (Wildman–Crippen MR) is 137 cm³/mol. The smallest absolute Gasteiger partial charge is 0.303 e. The van der Waals surface area contributed by atoms with E-state index in [2.05, 4.69) is 0 Å². The summed E-state index contributed by atoms with van der Waals surface area (Å²) in [4.78, 5) is 12.2. The minimum Gasteiger partial charge on any atom is -0.457 e. The molecule has 0 saturated carbocycles. The van der Waals surface area contributed by atoms with E-state index >= 15 is 0 Å². The molecule has 37 heavy (non-hydrogen) atoms. The number of carbonyl (C=O) groups excluding carboxylic acids is 1. The van der Waals surface area contributed by atoms with Crippen LogP contribution in [0.2, 0.25) is 0 Å². The third-order valence-corrected chi connectivity index (χ3v) is 6.18. The van der Waals surface area contributed by atoms with Crippen LogP contribution in [0.5, 0.6) is 0 Å². The average Bonchev–Trinajstić information content (AvgIpc) is 2.93. The summed E-state index contributed by atoms with van der Waals surface area (Å²) in [6.07, 6.45) is -3.54. The van der Waals surface area contributed by atoms with Crippen molar-refractivity contribution in [3.8, 4) is 0 Å². The molecule has 0 amide bonds. The van der Waals surface area contributed by atoms with Gasteiger partial charge in [-0.05, 0) is 16.7 Å². The Morgan fingerprint density at radius 2 is 1.16 bits per heavy atom. The Hall–Kier alpha value is -3.07. The molecular formula is C30H34O7. The highest BCUT2D eigenvalue weighted by atomic mass is 16.6. The highest BCUT2D eigenvalue weighted by molar-refractivity contribution is 5.66. The molecule has 1 fully saturated rings. The summed E-state index contributed by atoms with van der Waals surface area (Å²) < 4.78 is 30.6. The van der Waals surface area contributed by atoms with Crippen molar-refractivity contribution in [3.05, 3.63) is 108 Å². The number of aliphatic hydroxyl groups is 1. The first-order valence-corrected chi connectivity index (χ1v) is 12.5. The van der Waals surface area contributed by atoms with Crippen molar-refractivity contribution < 1.29 is 33.6 Å². The van der Waals surface area contributed by atoms with Crippen molar-refractivity contribution in [2.24, 2.45) is 0 Å². The molecule has 0 aromatic heterocycles. The van der Waals surface area contributed by atoms with Crippen molar-refractivity contribution >= 4 is 5.97 Å². The fourth-order valence-corrected chi connectivity index (χ4v) is 4.40. The Bertz CT molecular complexity index is 1060. The van der Waals surface area contributed by atoms with Crippen LogP contribution in [-0.2, 0) is 48.3 Å². The lowest BCUT2D eigenvalue weighted by molar-refractivity contribution is -0.270. The van der Waals surface area contributed by atoms with Gasteiger partial charge >= 0.3 is 5.97 Å². The Morgan fingerprint density at radius 1 is 0.703 bits per heavy atom. The van der Waals surface area contributed by atoms with E-state index in [0.717, 1.165) is 16.7 Å². The summed E-state index contributed by atoms with van der Waals surface area (Å²) in [6, 6.07) is 29.2. The van der Waals surface area contributed by atoms with Gasteiger partial charge in [-0.1, -0.05) is 91.0 Å². The number of carbonyl (C=O) groups is 1. The molecule has 196 valence electrons. The second kappa shape index (κ2) is 14.0. The quantitative estimate of drug-likeness (QED) is 0.371. The van der Waals surface area contributed by atoms with Crippen LogP contribution in [0.3, 0.4) is 0 Å². The minimum atomic E-state index is -0.804. The summed E-state index contributed by atoms with van der Waals surface area (Å²) in [5, 5.41) is 10.2. The Kier molecular flexibility index (Phi) is 10.2. The van der Waals surface area contributed by atoms with Gasteiger partial charge in [-0.3, -0.25) is 4.79 Å². The average molecular weight is 507 g/mol. The first-order valence-electron chi connectivity index (χ1n) is 12.5. The predicted octanol–water partition coefficient (Wildman–Crippen LogP) is 4.07. The van der Waals surface area contributed by atoms with Crippen LogP contribution in [0.1, 0.15) is 23.6 Å². The number of ether oxygens (including phenoxy) is 5. The summed E-state index contributed by atoms with van der Waals surface area (Å²) in [6.45, 7) is 2.18. The van der Waals surface area contributed by atoms with E-state index in [9.17, 15) is 9.90 Å². The van der Waals surface area contributed by atoms with E-state index < -0.39 is 36.5 Å². The molecule has 3 unspecified atom stereocenters. The lowest BCUT2D eigenvalue weighted by Crippen LogP contribution is -2.62. The van der Waals surface area contributed by atoms with Gasteiger partial charge in [0.15, 0.2) is 6.10 Å². The van der Waals surface area contributed by atoms with Crippen molar-refractivity contribution in [2.45, 2.75) is 57.3 Å². The molecular weight excluding hydrogens is 472 g/mol. The second-order valence-corrected chi connectivity index (χ2v) is 8.99. The molecule has 7 heteroatoms. The molecule has 0 aliphatic carbocycles. The number of esters is 1. The first-order chi connectivity index (χ1) is 18.1. The number of hydrogen-bond donors (Lipinski definition) is 1. The summed E-state index contributed by atoms with van der Waals surface area (Å²) in [5.74, 6) is -0.464. The van der Waals surface area contributed by atoms with Crippen LogP contribution in [0.25, 0.3) is 0 Å². The largest absolute Gasteiger partial charge is 0.457 e. The van der Waals surface area contributed by atoms with E-state index in [4.69, 9.17) is 23.7 Å². The van der Waals surface area contributed by atoms with Gasteiger partial charge in [0.25, 0.3) is 0 Å². The van der Waals surface area contributed by atoms with Gasteiger partial charge in [-0.15, -0.1) is 0 Å². The zero-order valence-electron chi connectivity index (χ0n) is 21.0. The van der Waals surface area contributed by atoms with Crippen LogP contribution < -0.4 is 0 Å². The molecule has 3 aromatic rings. The molecule has 1 saturated heterocycles. The minimum absolute atomic E-state index is 0.189. The standard InChI is InChI=1S/C30H34O7/c1-22(32)36-30-28(34-19-24-13-7-3-8-14-24)26(17-31)37-27(21-33-18-23-11-5-2-6-12-23)29(30)35-20-25-15-9-4-10-16-25/h2-16,26-31H,17-21H2,1H3/t26-,27?,28?,29-,30?/m1/s1. The van der Waals surface area contributed by atoms with Crippen molar-refractivity contribution in [2.75, 3.05) is 13.2 Å². The van der Waals surface area contributed by atoms with E-state index in [0.29, 0.717) is 6.61 Å². The van der Waals surface area contributed by atoms with Gasteiger partial charge in [0.1, 0.15) is 24.4 Å². The van der Waals surface area contributed by atoms with Gasteiger partial charge < -0.3 is 28.8 Å². The summed E-state index contributed by atoms with van der Waals surface area (Å²) in [5.41, 5.74) is 2.95. The van der Waals surface area contributed by atoms with Crippen LogP contribution in [0.15, 0.2) is 91.0 Å². The summed E-state index contributed by atoms with van der Waals surface area (Å²) >= 11 is 0. The number of rotatable bonds is 12. The molecule has 1 aliphatic heterocycles. The molecule has 3 aromatic carbocycles. The number of benzene rings is 3. The zero-order chi connectivity index (χ0) is 25.9. The fourth-order valence-electron chi connectivity index (χ4n) is 4.40. The van der Waals surface area contributed by atoms with Crippen LogP contribution in [0.4, 0.5) is 0 Å². The molecule has 7 nitrogen and oxygen atoms in total. The Morgan fingerprint density at radius 3 is 1.62 bits per heavy atom. The molecule has 1 N–H and O–H groups in total. The normalized spacial score (nSPS) is 23.5. The van der Waals surface area contributed by atoms with E-state index in [1.54, 1.807) is 0 Å². The highest BCUT2D eigenvalue weighted by Crippen LogP contribution is 2.30. The molecule has 0 spiro atoms. The lowest BCUT2D eigenvalue weighted by Gasteiger charge is -2.45. The van der Waals surface area contributed by atoms with Crippen molar-refractivity contribution in [1.29, 1.82) is 0 Å². The van der Waals surface area contributed by atoms with Gasteiger partial charge in [-0.2, -0.15) is 0 Å². The molecule has 4 rings (SSSR count). The van der Waals surface area contributed by atoms with Gasteiger partial charge in [0.2, 0.25) is 0 Å². The van der Waals surface area contributed by atoms with Crippen LogP contribution in [-0.4, -0.2) is 54.8 Å². The molecule has 1 aliphatic rings.